The van der Waals surface area contributed by atoms with E-state index in [1.54, 1.807) is 0 Å². The van der Waals surface area contributed by atoms with Crippen LogP contribution in [0.2, 0.25) is 0 Å². The molecule has 1 fully saturated rings. The van der Waals surface area contributed by atoms with Crippen molar-refractivity contribution in [1.82, 2.24) is 19.5 Å². The lowest BCUT2D eigenvalue weighted by Crippen LogP contribution is -2.45. The van der Waals surface area contributed by atoms with Crippen molar-refractivity contribution in [3.05, 3.63) is 31.0 Å². The number of aromatic nitrogens is 4. The van der Waals surface area contributed by atoms with Crippen molar-refractivity contribution < 1.29 is 61.4 Å². The number of aliphatic hydroxyl groups excluding tert-OH is 1. The van der Waals surface area contributed by atoms with Crippen LogP contribution in [0.4, 0.5) is 5.82 Å². The number of ether oxygens (including phenoxy) is 1. The Balaban J connectivity index is 1.83. The fraction of sp³-hybridized carbons (Fsp3) is 0.385. The molecule has 3 rings (SSSR count). The van der Waals surface area contributed by atoms with E-state index in [0.717, 1.165) is 12.4 Å². The van der Waals surface area contributed by atoms with Crippen LogP contribution in [-0.4, -0.2) is 73.7 Å². The molecule has 0 aliphatic carbocycles. The summed E-state index contributed by atoms with van der Waals surface area (Å²) in [6.45, 7) is 2.30. The molecule has 6 atom stereocenters. The number of aliphatic hydroxyl groups is 2. The van der Waals surface area contributed by atoms with E-state index in [4.69, 9.17) is 20.3 Å². The molecule has 0 spiro atoms. The van der Waals surface area contributed by atoms with Gasteiger partial charge < -0.3 is 40.3 Å². The molecule has 1 saturated heterocycles. The number of phosphoric ester groups is 1. The number of nitrogens with two attached hydrogens (primary N) is 1. The van der Waals surface area contributed by atoms with Crippen LogP contribution in [0.15, 0.2) is 31.0 Å². The van der Waals surface area contributed by atoms with Gasteiger partial charge >= 0.3 is 23.5 Å². The predicted octanol–water partition coefficient (Wildman–Crippen LogP) is -0.918. The summed E-state index contributed by atoms with van der Waals surface area (Å²) < 4.78 is 52.5. The predicted molar refractivity (Wildman–Crippen MR) is 108 cm³/mol. The van der Waals surface area contributed by atoms with Crippen LogP contribution in [0.25, 0.3) is 11.2 Å². The Labute approximate surface area is 189 Å². The Bertz CT molecular complexity index is 1270. The first-order chi connectivity index (χ1) is 15.6. The van der Waals surface area contributed by atoms with Crippen LogP contribution >= 0.6 is 23.5 Å². The fourth-order valence-electron chi connectivity index (χ4n) is 3.04. The average molecular weight is 545 g/mol. The number of nitrogen functional groups attached to an aromatic ring is 1. The molecule has 21 heteroatoms. The second-order valence-corrected chi connectivity index (χ2v) is 11.1. The Morgan fingerprint density at radius 2 is 1.88 bits per heavy atom. The Kier molecular flexibility index (Phi) is 7.33. The lowest BCUT2D eigenvalue weighted by Gasteiger charge is -2.27. The van der Waals surface area contributed by atoms with E-state index in [9.17, 15) is 33.7 Å². The highest BCUT2D eigenvalue weighted by molar-refractivity contribution is 7.66. The topological polar surface area (TPSA) is 279 Å². The van der Waals surface area contributed by atoms with Crippen LogP contribution < -0.4 is 5.73 Å². The molecular weight excluding hydrogens is 527 g/mol. The van der Waals surface area contributed by atoms with Crippen LogP contribution in [0.5, 0.6) is 0 Å². The van der Waals surface area contributed by atoms with Gasteiger partial charge in [-0.3, -0.25) is 9.09 Å². The molecule has 2 unspecified atom stereocenters. The summed E-state index contributed by atoms with van der Waals surface area (Å²) in [5.74, 6) is 0.00862. The van der Waals surface area contributed by atoms with Gasteiger partial charge in [0.2, 0.25) is 0 Å². The molecule has 0 saturated carbocycles. The van der Waals surface area contributed by atoms with Crippen LogP contribution in [-0.2, 0) is 31.6 Å². The molecule has 1 aliphatic heterocycles. The molecule has 0 radical (unpaired) electrons. The molecule has 188 valence electrons. The molecule has 3 heterocycles. The van der Waals surface area contributed by atoms with E-state index in [1.165, 1.54) is 10.9 Å². The van der Waals surface area contributed by atoms with Crippen LogP contribution in [0.3, 0.4) is 0 Å². The van der Waals surface area contributed by atoms with Crippen LogP contribution in [0.1, 0.15) is 6.23 Å². The summed E-state index contributed by atoms with van der Waals surface area (Å²) >= 11 is 0. The minimum absolute atomic E-state index is 0.00862. The van der Waals surface area contributed by atoms with E-state index in [-0.39, 0.29) is 17.0 Å². The molecule has 0 bridgehead atoms. The number of anilines is 1. The molecule has 2 aromatic rings. The Hall–Kier alpha value is -1.84. The normalized spacial score (nSPS) is 28.8. The number of phosphoric acid groups is 3. The van der Waals surface area contributed by atoms with Gasteiger partial charge in [-0.2, -0.15) is 8.62 Å². The van der Waals surface area contributed by atoms with Gasteiger partial charge in [-0.05, 0) is 6.08 Å². The number of fused-ring (bicyclic) bond motifs is 1. The van der Waals surface area contributed by atoms with Gasteiger partial charge in [-0.25, -0.2) is 28.6 Å². The van der Waals surface area contributed by atoms with Crippen molar-refractivity contribution in [1.29, 1.82) is 0 Å². The van der Waals surface area contributed by atoms with Crippen molar-refractivity contribution in [2.24, 2.45) is 0 Å². The Morgan fingerprint density at radius 1 is 1.21 bits per heavy atom. The first-order valence-corrected chi connectivity index (χ1v) is 13.2. The van der Waals surface area contributed by atoms with Crippen molar-refractivity contribution in [3.8, 4) is 0 Å². The fourth-order valence-corrected chi connectivity index (χ4v) is 6.07. The molecule has 34 heavy (non-hydrogen) atoms. The summed E-state index contributed by atoms with van der Waals surface area (Å²) in [5, 5.41) is 21.7. The van der Waals surface area contributed by atoms with Gasteiger partial charge in [0, 0.05) is 0 Å². The van der Waals surface area contributed by atoms with Gasteiger partial charge in [-0.1, -0.05) is 6.58 Å². The maximum atomic E-state index is 12.0. The molecular formula is C13H18N5O13P3. The van der Waals surface area contributed by atoms with Crippen molar-refractivity contribution in [2.75, 3.05) is 12.3 Å². The molecule has 0 aromatic carbocycles. The second kappa shape index (κ2) is 9.32. The number of nitrogens with zero attached hydrogens (tertiary/aromatic N) is 4. The van der Waals surface area contributed by atoms with Gasteiger partial charge in [0.15, 0.2) is 23.3 Å². The zero-order valence-corrected chi connectivity index (χ0v) is 19.3. The van der Waals surface area contributed by atoms with E-state index in [0.29, 0.717) is 0 Å². The minimum Gasteiger partial charge on any atom is -0.387 e. The molecule has 0 amide bonds. The van der Waals surface area contributed by atoms with E-state index in [2.05, 4.69) is 40.4 Å². The van der Waals surface area contributed by atoms with Gasteiger partial charge in [0.1, 0.15) is 24.1 Å². The second-order valence-electron chi connectivity index (χ2n) is 6.68. The summed E-state index contributed by atoms with van der Waals surface area (Å²) in [7, 11) is -16.8. The highest BCUT2D eigenvalue weighted by Gasteiger charge is 2.56. The van der Waals surface area contributed by atoms with Crippen molar-refractivity contribution in [3.63, 3.8) is 0 Å². The number of hydrogen-bond donors (Lipinski definition) is 7. The number of imidazole rings is 1. The zero-order chi connectivity index (χ0) is 25.5. The number of hydrogen-bond acceptors (Lipinski definition) is 13. The lowest BCUT2D eigenvalue weighted by atomic mass is 9.94. The van der Waals surface area contributed by atoms with E-state index in [1.807, 2.05) is 0 Å². The van der Waals surface area contributed by atoms with Crippen LogP contribution in [0, 0.1) is 0 Å². The SMILES string of the molecule is C=C=C[C@@]1(O)[C@H](O)[C@@H](COP(=O)(O)OP(=O)(O)OP(=O)(O)O)O[C@H]1n1cnc2c(N)ncnc21. The summed E-state index contributed by atoms with van der Waals surface area (Å²) in [4.78, 5) is 47.7. The summed E-state index contributed by atoms with van der Waals surface area (Å²) in [6, 6.07) is 0. The molecule has 8 N–H and O–H groups in total. The van der Waals surface area contributed by atoms with Gasteiger partial charge in [-0.15, -0.1) is 5.73 Å². The van der Waals surface area contributed by atoms with Gasteiger partial charge in [0.05, 0.1) is 12.9 Å². The standard InChI is InChI=1S/C13H18N5O13P3/c1-2-3-13(20)9(19)7(4-28-33(24,25)31-34(26,27)30-32(21,22)23)29-12(13)18-6-17-8-10(14)15-5-16-11(8)18/h3,5-7,9,12,19-20H,1,4H2,(H,24,25)(H,26,27)(H2,14,15,16)(H2,21,22,23)/t7-,9-,12-,13-/m1/s1. The largest absolute Gasteiger partial charge is 0.490 e. The average Bonchev–Trinajstić information content (AvgIpc) is 3.19. The minimum atomic E-state index is -5.75. The molecule has 2 aromatic heterocycles. The number of rotatable bonds is 9. The van der Waals surface area contributed by atoms with E-state index < -0.39 is 54.1 Å². The highest BCUT2D eigenvalue weighted by atomic mass is 31.3. The maximum Gasteiger partial charge on any atom is 0.490 e. The first-order valence-electron chi connectivity index (χ1n) is 8.73. The third-order valence-corrected chi connectivity index (χ3v) is 8.12. The third kappa shape index (κ3) is 5.69. The third-order valence-electron chi connectivity index (χ3n) is 4.32. The quantitative estimate of drug-likeness (QED) is 0.148. The van der Waals surface area contributed by atoms with Crippen molar-refractivity contribution in [2.45, 2.75) is 24.0 Å². The lowest BCUT2D eigenvalue weighted by molar-refractivity contribution is -0.0769. The maximum absolute atomic E-state index is 12.0. The monoisotopic (exact) mass is 545 g/mol. The van der Waals surface area contributed by atoms with Gasteiger partial charge in [0.25, 0.3) is 0 Å². The van der Waals surface area contributed by atoms with Crippen molar-refractivity contribution >= 4 is 40.4 Å². The molecule has 18 nitrogen and oxygen atoms in total. The zero-order valence-electron chi connectivity index (χ0n) is 16.6. The van der Waals surface area contributed by atoms with E-state index >= 15 is 0 Å². The smallest absolute Gasteiger partial charge is 0.387 e. The summed E-state index contributed by atoms with van der Waals surface area (Å²) in [5.41, 5.74) is 5.99. The highest BCUT2D eigenvalue weighted by Crippen LogP contribution is 2.66. The molecule has 1 aliphatic rings. The first kappa shape index (κ1) is 26.8. The Morgan fingerprint density at radius 3 is 2.50 bits per heavy atom. The summed E-state index contributed by atoms with van der Waals surface area (Å²) in [6.07, 6.45) is -1.71.